The molecule has 1 aliphatic heterocycles. The molecule has 0 radical (unpaired) electrons. The second kappa shape index (κ2) is 7.16. The number of carbonyl (C=O) groups excluding carboxylic acids is 4. The molecule has 2 aromatic carbocycles. The van der Waals surface area contributed by atoms with Gasteiger partial charge in [-0.25, -0.2) is 4.79 Å². The molecule has 1 spiro atoms. The zero-order valence-corrected chi connectivity index (χ0v) is 16.0. The zero-order valence-electron chi connectivity index (χ0n) is 16.0. The molecular formula is C22H21N3O4. The number of imide groups is 1. The highest BCUT2D eigenvalue weighted by molar-refractivity contribution is 6.40. The molecule has 0 saturated carbocycles. The van der Waals surface area contributed by atoms with E-state index >= 15 is 0 Å². The lowest BCUT2D eigenvalue weighted by Gasteiger charge is -2.27. The molecule has 1 atom stereocenters. The molecule has 4 amide bonds. The van der Waals surface area contributed by atoms with Gasteiger partial charge in [-0.05, 0) is 35.2 Å². The number of anilines is 1. The number of Topliss-reactive ketones (excluding diaryl/α,β-unsaturated/α-hetero) is 1. The Kier molecular flexibility index (Phi) is 4.66. The van der Waals surface area contributed by atoms with Crippen LogP contribution in [-0.2, 0) is 33.6 Å². The van der Waals surface area contributed by atoms with Gasteiger partial charge in [-0.2, -0.15) is 0 Å². The molecule has 4 rings (SSSR count). The summed E-state index contributed by atoms with van der Waals surface area (Å²) in [7, 11) is 1.61. The van der Waals surface area contributed by atoms with E-state index in [0.29, 0.717) is 24.9 Å². The minimum Gasteiger partial charge on any atom is -0.319 e. The number of fused-ring (bicyclic) bond motifs is 1. The van der Waals surface area contributed by atoms with Gasteiger partial charge in [0.15, 0.2) is 0 Å². The van der Waals surface area contributed by atoms with Crippen LogP contribution in [0.15, 0.2) is 48.5 Å². The Morgan fingerprint density at radius 2 is 1.79 bits per heavy atom. The maximum absolute atomic E-state index is 12.3. The summed E-state index contributed by atoms with van der Waals surface area (Å²) in [4.78, 5) is 50.1. The molecule has 0 aromatic heterocycles. The van der Waals surface area contributed by atoms with Crippen molar-refractivity contribution in [2.45, 2.75) is 31.2 Å². The van der Waals surface area contributed by atoms with Gasteiger partial charge in [0.1, 0.15) is 5.54 Å². The number of hydrogen-bond donors (Lipinski definition) is 2. The van der Waals surface area contributed by atoms with E-state index in [1.165, 1.54) is 4.90 Å². The van der Waals surface area contributed by atoms with Crippen LogP contribution in [0, 0.1) is 0 Å². The van der Waals surface area contributed by atoms with E-state index in [2.05, 4.69) is 10.6 Å². The largest absolute Gasteiger partial charge is 0.324 e. The van der Waals surface area contributed by atoms with Crippen LogP contribution in [0.25, 0.3) is 0 Å². The van der Waals surface area contributed by atoms with Gasteiger partial charge < -0.3 is 10.2 Å². The second-order valence-electron chi connectivity index (χ2n) is 7.55. The molecule has 2 aliphatic rings. The fourth-order valence-electron chi connectivity index (χ4n) is 3.99. The van der Waals surface area contributed by atoms with Gasteiger partial charge in [0.05, 0.1) is 0 Å². The molecule has 1 fully saturated rings. The molecule has 7 nitrogen and oxygen atoms in total. The molecular weight excluding hydrogens is 370 g/mol. The number of carbonyl (C=O) groups is 4. The molecule has 2 aromatic rings. The molecule has 1 unspecified atom stereocenters. The fourth-order valence-corrected chi connectivity index (χ4v) is 3.99. The van der Waals surface area contributed by atoms with Crippen molar-refractivity contribution in [3.05, 3.63) is 65.2 Å². The molecule has 7 heteroatoms. The van der Waals surface area contributed by atoms with Crippen LogP contribution in [-0.4, -0.2) is 41.1 Å². The minimum absolute atomic E-state index is 0.136. The van der Waals surface area contributed by atoms with Crippen LogP contribution in [0.2, 0.25) is 0 Å². The van der Waals surface area contributed by atoms with E-state index in [1.807, 2.05) is 36.4 Å². The third kappa shape index (κ3) is 3.40. The quantitative estimate of drug-likeness (QED) is 0.601. The molecule has 1 heterocycles. The van der Waals surface area contributed by atoms with Crippen LogP contribution in [0.3, 0.4) is 0 Å². The topological polar surface area (TPSA) is 95.6 Å². The van der Waals surface area contributed by atoms with Crippen molar-refractivity contribution in [2.75, 3.05) is 12.4 Å². The highest BCUT2D eigenvalue weighted by atomic mass is 16.2. The summed E-state index contributed by atoms with van der Waals surface area (Å²) in [6, 6.07) is 14.5. The smallest absolute Gasteiger partial charge is 0.319 e. The van der Waals surface area contributed by atoms with Crippen molar-refractivity contribution in [3.8, 4) is 0 Å². The number of amides is 4. The number of rotatable bonds is 5. The van der Waals surface area contributed by atoms with Gasteiger partial charge in [0.25, 0.3) is 11.8 Å². The van der Waals surface area contributed by atoms with Crippen LogP contribution in [0.1, 0.15) is 23.1 Å². The summed E-state index contributed by atoms with van der Waals surface area (Å²) in [5.41, 5.74) is 2.44. The Morgan fingerprint density at radius 3 is 2.48 bits per heavy atom. The number of ketones is 1. The van der Waals surface area contributed by atoms with Crippen molar-refractivity contribution >= 4 is 29.3 Å². The van der Waals surface area contributed by atoms with Crippen molar-refractivity contribution < 1.29 is 19.2 Å². The van der Waals surface area contributed by atoms with Crippen LogP contribution < -0.4 is 10.6 Å². The van der Waals surface area contributed by atoms with E-state index < -0.39 is 23.3 Å². The molecule has 29 heavy (non-hydrogen) atoms. The van der Waals surface area contributed by atoms with E-state index in [9.17, 15) is 19.2 Å². The monoisotopic (exact) mass is 391 g/mol. The SMILES string of the molecule is CN1C(=O)NC(=O)C12Cc1ccc(NC(=O)C(=O)CCc3ccccc3)cc1C2. The number of benzene rings is 2. The maximum Gasteiger partial charge on any atom is 0.324 e. The first-order valence-electron chi connectivity index (χ1n) is 9.48. The first kappa shape index (κ1) is 18.9. The summed E-state index contributed by atoms with van der Waals surface area (Å²) in [5, 5.41) is 5.01. The Morgan fingerprint density at radius 1 is 1.07 bits per heavy atom. The number of nitrogens with one attached hydrogen (secondary N) is 2. The van der Waals surface area contributed by atoms with E-state index in [0.717, 1.165) is 16.7 Å². The fraction of sp³-hybridized carbons (Fsp3) is 0.273. The van der Waals surface area contributed by atoms with Gasteiger partial charge in [-0.3, -0.25) is 19.7 Å². The average Bonchev–Trinajstić information content (AvgIpc) is 3.20. The summed E-state index contributed by atoms with van der Waals surface area (Å²) in [5.74, 6) is -1.44. The van der Waals surface area contributed by atoms with Crippen molar-refractivity contribution in [1.29, 1.82) is 0 Å². The van der Waals surface area contributed by atoms with Gasteiger partial charge in [-0.1, -0.05) is 36.4 Å². The van der Waals surface area contributed by atoms with Gasteiger partial charge >= 0.3 is 6.03 Å². The first-order chi connectivity index (χ1) is 13.9. The van der Waals surface area contributed by atoms with Gasteiger partial charge in [0.2, 0.25) is 5.78 Å². The van der Waals surface area contributed by atoms with E-state index in [-0.39, 0.29) is 12.3 Å². The predicted octanol–water partition coefficient (Wildman–Crippen LogP) is 1.85. The summed E-state index contributed by atoms with van der Waals surface area (Å²) >= 11 is 0. The highest BCUT2D eigenvalue weighted by Gasteiger charge is 2.54. The third-order valence-electron chi connectivity index (χ3n) is 5.76. The summed E-state index contributed by atoms with van der Waals surface area (Å²) < 4.78 is 0. The average molecular weight is 391 g/mol. The number of likely N-dealkylation sites (N-methyl/N-ethyl adjacent to an activating group) is 1. The van der Waals surface area contributed by atoms with Crippen molar-refractivity contribution in [1.82, 2.24) is 10.2 Å². The van der Waals surface area contributed by atoms with E-state index in [4.69, 9.17) is 0 Å². The number of urea groups is 1. The normalized spacial score (nSPS) is 20.0. The molecule has 0 bridgehead atoms. The van der Waals surface area contributed by atoms with E-state index in [1.54, 1.807) is 19.2 Å². The van der Waals surface area contributed by atoms with Gasteiger partial charge in [-0.15, -0.1) is 0 Å². The molecule has 148 valence electrons. The Labute approximate surface area is 168 Å². The summed E-state index contributed by atoms with van der Waals surface area (Å²) in [6.45, 7) is 0. The summed E-state index contributed by atoms with van der Waals surface area (Å²) in [6.07, 6.45) is 1.45. The Bertz CT molecular complexity index is 1020. The van der Waals surface area contributed by atoms with Crippen molar-refractivity contribution in [2.24, 2.45) is 0 Å². The van der Waals surface area contributed by atoms with Crippen molar-refractivity contribution in [3.63, 3.8) is 0 Å². The minimum atomic E-state index is -0.909. The van der Waals surface area contributed by atoms with Crippen LogP contribution in [0.5, 0.6) is 0 Å². The lowest BCUT2D eigenvalue weighted by Crippen LogP contribution is -2.48. The molecule has 1 saturated heterocycles. The number of aryl methyl sites for hydroxylation is 1. The second-order valence-corrected chi connectivity index (χ2v) is 7.55. The predicted molar refractivity (Wildman–Crippen MR) is 106 cm³/mol. The standard InChI is InChI=1S/C22H21N3O4/c1-25-21(29)24-20(28)22(25)12-15-8-9-17(11-16(15)13-22)23-19(27)18(26)10-7-14-5-3-2-4-6-14/h2-6,8-9,11H,7,10,12-13H2,1H3,(H,23,27)(H,24,28,29). The molecule has 1 aliphatic carbocycles. The first-order valence-corrected chi connectivity index (χ1v) is 9.48. The maximum atomic E-state index is 12.3. The lowest BCUT2D eigenvalue weighted by molar-refractivity contribution is -0.134. The highest BCUT2D eigenvalue weighted by Crippen LogP contribution is 2.38. The Hall–Kier alpha value is -3.48. The Balaban J connectivity index is 1.41. The number of hydrogen-bond acceptors (Lipinski definition) is 4. The molecule has 2 N–H and O–H groups in total. The zero-order chi connectivity index (χ0) is 20.6. The van der Waals surface area contributed by atoms with Gasteiger partial charge in [0, 0.05) is 32.0 Å². The number of nitrogens with zero attached hydrogens (tertiary/aromatic N) is 1. The van der Waals surface area contributed by atoms with Crippen LogP contribution >= 0.6 is 0 Å². The lowest BCUT2D eigenvalue weighted by atomic mass is 9.95. The third-order valence-corrected chi connectivity index (χ3v) is 5.76. The van der Waals surface area contributed by atoms with Crippen LogP contribution in [0.4, 0.5) is 10.5 Å².